The number of aliphatic hydroxyl groups is 1. The fourth-order valence-corrected chi connectivity index (χ4v) is 1.17. The Hall–Kier alpha value is -1.29. The Morgan fingerprint density at radius 3 is 2.94 bits per heavy atom. The number of carbonyl (C=O) groups is 2. The lowest BCUT2D eigenvalue weighted by atomic mass is 10.4. The van der Waals surface area contributed by atoms with Crippen LogP contribution in [0.15, 0.2) is 0 Å². The largest absolute Gasteiger partial charge is 0.395 e. The van der Waals surface area contributed by atoms with Crippen molar-refractivity contribution in [3.8, 4) is 0 Å². The Kier molecular flexibility index (Phi) is 5.05. The van der Waals surface area contributed by atoms with Gasteiger partial charge in [0.2, 0.25) is 5.91 Å². The first-order chi connectivity index (χ1) is 7.63. The van der Waals surface area contributed by atoms with Crippen LogP contribution in [-0.4, -0.2) is 47.9 Å². The van der Waals surface area contributed by atoms with Gasteiger partial charge >= 0.3 is 0 Å². The highest BCUT2D eigenvalue weighted by Gasteiger charge is 2.23. The van der Waals surface area contributed by atoms with E-state index in [2.05, 4.69) is 39.0 Å². The van der Waals surface area contributed by atoms with Gasteiger partial charge in [-0.15, -0.1) is 0 Å². The van der Waals surface area contributed by atoms with Crippen molar-refractivity contribution in [3.05, 3.63) is 0 Å². The van der Waals surface area contributed by atoms with Gasteiger partial charge < -0.3 is 10.4 Å². The Morgan fingerprint density at radius 1 is 1.56 bits per heavy atom. The molecule has 1 aliphatic heterocycles. The van der Waals surface area contributed by atoms with Gasteiger partial charge in [0.1, 0.15) is 0 Å². The molecule has 1 fully saturated rings. The smallest absolute Gasteiger partial charge is 0.259 e. The number of amides is 2. The SMILES string of the molecule is O=C(CNC1NNC(=S)NC1=O)NCCO. The molecule has 9 heteroatoms. The summed E-state index contributed by atoms with van der Waals surface area (Å²) in [5, 5.41) is 16.1. The van der Waals surface area contributed by atoms with Crippen molar-refractivity contribution in [3.63, 3.8) is 0 Å². The van der Waals surface area contributed by atoms with Gasteiger partial charge in [0.15, 0.2) is 11.3 Å². The molecule has 0 aliphatic carbocycles. The van der Waals surface area contributed by atoms with E-state index in [1.165, 1.54) is 0 Å². The van der Waals surface area contributed by atoms with Crippen LogP contribution in [-0.2, 0) is 9.59 Å². The fourth-order valence-electron chi connectivity index (χ4n) is 1.01. The molecule has 1 atom stereocenters. The van der Waals surface area contributed by atoms with Crippen molar-refractivity contribution in [1.29, 1.82) is 0 Å². The number of carbonyl (C=O) groups excluding carboxylic acids is 2. The molecule has 0 spiro atoms. The lowest BCUT2D eigenvalue weighted by molar-refractivity contribution is -0.124. The van der Waals surface area contributed by atoms with E-state index in [9.17, 15) is 9.59 Å². The van der Waals surface area contributed by atoms with Gasteiger partial charge in [-0.3, -0.25) is 25.6 Å². The summed E-state index contributed by atoms with van der Waals surface area (Å²) in [6.45, 7) is 0.0242. The highest BCUT2D eigenvalue weighted by Crippen LogP contribution is 1.83. The lowest BCUT2D eigenvalue weighted by Gasteiger charge is -2.25. The first-order valence-corrected chi connectivity index (χ1v) is 5.01. The zero-order valence-corrected chi connectivity index (χ0v) is 9.19. The third kappa shape index (κ3) is 4.06. The minimum Gasteiger partial charge on any atom is -0.395 e. The molecule has 16 heavy (non-hydrogen) atoms. The van der Waals surface area contributed by atoms with E-state index in [0.717, 1.165) is 0 Å². The molecule has 0 aromatic heterocycles. The molecular formula is C7H13N5O3S. The predicted octanol–water partition coefficient (Wildman–Crippen LogP) is -3.48. The zero-order chi connectivity index (χ0) is 12.0. The zero-order valence-electron chi connectivity index (χ0n) is 8.37. The number of thiocarbonyl (C=S) groups is 1. The number of aliphatic hydroxyl groups excluding tert-OH is 1. The third-order valence-electron chi connectivity index (χ3n) is 1.73. The maximum atomic E-state index is 11.3. The van der Waals surface area contributed by atoms with Crippen LogP contribution in [0.1, 0.15) is 0 Å². The van der Waals surface area contributed by atoms with E-state index in [1.54, 1.807) is 0 Å². The van der Waals surface area contributed by atoms with Crippen molar-refractivity contribution in [2.45, 2.75) is 6.17 Å². The molecule has 8 nitrogen and oxygen atoms in total. The highest BCUT2D eigenvalue weighted by molar-refractivity contribution is 7.80. The van der Waals surface area contributed by atoms with Crippen molar-refractivity contribution < 1.29 is 14.7 Å². The molecule has 1 saturated heterocycles. The van der Waals surface area contributed by atoms with Gasteiger partial charge in [0, 0.05) is 6.54 Å². The molecule has 1 heterocycles. The summed E-state index contributed by atoms with van der Waals surface area (Å²) in [6.07, 6.45) is -0.730. The van der Waals surface area contributed by atoms with E-state index in [4.69, 9.17) is 5.11 Å². The topological polar surface area (TPSA) is 115 Å². The van der Waals surface area contributed by atoms with E-state index in [-0.39, 0.29) is 36.6 Å². The second-order valence-electron chi connectivity index (χ2n) is 2.98. The molecule has 0 saturated carbocycles. The molecule has 0 bridgehead atoms. The van der Waals surface area contributed by atoms with Crippen LogP contribution in [0.4, 0.5) is 0 Å². The first kappa shape index (κ1) is 12.8. The summed E-state index contributed by atoms with van der Waals surface area (Å²) in [7, 11) is 0. The summed E-state index contributed by atoms with van der Waals surface area (Å²) in [6, 6.07) is 0. The van der Waals surface area contributed by atoms with E-state index < -0.39 is 6.17 Å². The van der Waals surface area contributed by atoms with Crippen molar-refractivity contribution in [2.75, 3.05) is 19.7 Å². The van der Waals surface area contributed by atoms with Crippen LogP contribution in [0.5, 0.6) is 0 Å². The Bertz CT molecular complexity index is 298. The van der Waals surface area contributed by atoms with Crippen LogP contribution >= 0.6 is 12.2 Å². The number of hydrazine groups is 1. The predicted molar refractivity (Wildman–Crippen MR) is 58.9 cm³/mol. The summed E-state index contributed by atoms with van der Waals surface area (Å²) < 4.78 is 0. The quantitative estimate of drug-likeness (QED) is 0.280. The van der Waals surface area contributed by atoms with Crippen LogP contribution in [0.2, 0.25) is 0 Å². The minimum absolute atomic E-state index is 0.0421. The van der Waals surface area contributed by atoms with E-state index in [0.29, 0.717) is 0 Å². The Labute approximate surface area is 97.1 Å². The van der Waals surface area contributed by atoms with Gasteiger partial charge in [0.25, 0.3) is 5.91 Å². The number of nitrogens with one attached hydrogen (secondary N) is 5. The summed E-state index contributed by atoms with van der Waals surface area (Å²) in [5.74, 6) is -0.671. The summed E-state index contributed by atoms with van der Waals surface area (Å²) in [5.41, 5.74) is 5.13. The molecule has 0 aromatic carbocycles. The number of hydrogen-bond acceptors (Lipinski definition) is 6. The first-order valence-electron chi connectivity index (χ1n) is 4.61. The molecule has 0 radical (unpaired) electrons. The minimum atomic E-state index is -0.730. The highest BCUT2D eigenvalue weighted by atomic mass is 32.1. The summed E-state index contributed by atoms with van der Waals surface area (Å²) >= 11 is 4.69. The standard InChI is InChI=1S/C7H13N5O3S/c13-2-1-8-4(14)3-9-5-6(15)10-7(16)12-11-5/h5,9,11,13H,1-3H2,(H,8,14)(H2,10,12,15,16). The molecule has 2 amide bonds. The monoisotopic (exact) mass is 247 g/mol. The average molecular weight is 247 g/mol. The second kappa shape index (κ2) is 6.33. The molecule has 1 aliphatic rings. The van der Waals surface area contributed by atoms with Crippen molar-refractivity contribution in [2.24, 2.45) is 0 Å². The van der Waals surface area contributed by atoms with Crippen LogP contribution in [0.25, 0.3) is 0 Å². The van der Waals surface area contributed by atoms with Gasteiger partial charge in [0.05, 0.1) is 13.2 Å². The van der Waals surface area contributed by atoms with E-state index in [1.807, 2.05) is 0 Å². The molecule has 6 N–H and O–H groups in total. The third-order valence-corrected chi connectivity index (χ3v) is 1.93. The molecule has 90 valence electrons. The molecule has 0 aromatic rings. The maximum absolute atomic E-state index is 11.3. The Balaban J connectivity index is 2.24. The summed E-state index contributed by atoms with van der Waals surface area (Å²) in [4.78, 5) is 22.4. The van der Waals surface area contributed by atoms with Crippen LogP contribution < -0.4 is 26.8 Å². The molecule has 1 unspecified atom stereocenters. The molecular weight excluding hydrogens is 234 g/mol. The Morgan fingerprint density at radius 2 is 2.31 bits per heavy atom. The van der Waals surface area contributed by atoms with Crippen LogP contribution in [0, 0.1) is 0 Å². The van der Waals surface area contributed by atoms with Gasteiger partial charge in [-0.1, -0.05) is 0 Å². The van der Waals surface area contributed by atoms with Gasteiger partial charge in [-0.2, -0.15) is 0 Å². The average Bonchev–Trinajstić information content (AvgIpc) is 2.25. The van der Waals surface area contributed by atoms with Crippen molar-refractivity contribution >= 4 is 29.1 Å². The van der Waals surface area contributed by atoms with E-state index >= 15 is 0 Å². The van der Waals surface area contributed by atoms with Crippen molar-refractivity contribution in [1.82, 2.24) is 26.8 Å². The molecule has 1 rings (SSSR count). The van der Waals surface area contributed by atoms with Crippen LogP contribution in [0.3, 0.4) is 0 Å². The lowest BCUT2D eigenvalue weighted by Crippen LogP contribution is -2.67. The van der Waals surface area contributed by atoms with Gasteiger partial charge in [-0.25, -0.2) is 5.43 Å². The normalized spacial score (nSPS) is 19.9. The fraction of sp³-hybridized carbons (Fsp3) is 0.571. The maximum Gasteiger partial charge on any atom is 0.259 e. The second-order valence-corrected chi connectivity index (χ2v) is 3.38. The van der Waals surface area contributed by atoms with Gasteiger partial charge in [-0.05, 0) is 12.2 Å². The number of hydrogen-bond donors (Lipinski definition) is 6. The number of rotatable bonds is 5.